The van der Waals surface area contributed by atoms with E-state index in [9.17, 15) is 4.79 Å². The van der Waals surface area contributed by atoms with Crippen LogP contribution in [0.4, 0.5) is 11.6 Å². The number of para-hydroxylation sites is 1. The average Bonchev–Trinajstić information content (AvgIpc) is 2.68. The van der Waals surface area contributed by atoms with Gasteiger partial charge in [-0.1, -0.05) is 61.9 Å². The molecule has 0 unspecified atom stereocenters. The Hall–Kier alpha value is -3.21. The minimum absolute atomic E-state index is 0.207. The smallest absolute Gasteiger partial charge is 0.258 e. The van der Waals surface area contributed by atoms with Crippen molar-refractivity contribution in [1.29, 1.82) is 0 Å². The van der Waals surface area contributed by atoms with Gasteiger partial charge in [-0.2, -0.15) is 0 Å². The van der Waals surface area contributed by atoms with E-state index in [2.05, 4.69) is 59.6 Å². The maximum atomic E-state index is 12.7. The molecule has 1 amide bonds. The van der Waals surface area contributed by atoms with Crippen LogP contribution in [0.1, 0.15) is 52.4 Å². The lowest BCUT2D eigenvalue weighted by atomic mass is 9.98. The van der Waals surface area contributed by atoms with E-state index < -0.39 is 0 Å². The molecule has 2 aromatic carbocycles. The molecule has 0 aliphatic heterocycles. The zero-order chi connectivity index (χ0) is 20.1. The van der Waals surface area contributed by atoms with E-state index in [1.165, 1.54) is 5.56 Å². The molecular formula is C23H26N4O. The predicted octanol–water partition coefficient (Wildman–Crippen LogP) is 5.08. The lowest BCUT2D eigenvalue weighted by Crippen LogP contribution is -2.16. The number of benzene rings is 2. The highest BCUT2D eigenvalue weighted by Crippen LogP contribution is 2.27. The van der Waals surface area contributed by atoms with Crippen molar-refractivity contribution in [2.45, 2.75) is 40.2 Å². The van der Waals surface area contributed by atoms with Crippen molar-refractivity contribution in [3.8, 4) is 0 Å². The highest BCUT2D eigenvalue weighted by Gasteiger charge is 2.14. The molecule has 0 saturated carbocycles. The van der Waals surface area contributed by atoms with E-state index in [0.29, 0.717) is 24.0 Å². The first kappa shape index (κ1) is 19.5. The summed E-state index contributed by atoms with van der Waals surface area (Å²) in [7, 11) is 0. The molecular weight excluding hydrogens is 348 g/mol. The number of rotatable bonds is 6. The standard InChI is InChI=1S/C23H26N4O/c1-15(2)20-10-6-8-17(4)21(20)27-22(28)19-13-25-23(26-14-19)24-12-18-9-5-7-16(3)11-18/h5-11,13-15H,12H2,1-4H3,(H,27,28)(H,24,25,26). The molecule has 0 atom stereocenters. The maximum absolute atomic E-state index is 12.7. The molecule has 28 heavy (non-hydrogen) atoms. The summed E-state index contributed by atoms with van der Waals surface area (Å²) in [4.78, 5) is 21.2. The number of carbonyl (C=O) groups is 1. The van der Waals surface area contributed by atoms with Crippen LogP contribution >= 0.6 is 0 Å². The van der Waals surface area contributed by atoms with Gasteiger partial charge in [-0.15, -0.1) is 0 Å². The molecule has 144 valence electrons. The Kier molecular flexibility index (Phi) is 6.04. The number of nitrogens with one attached hydrogen (secondary N) is 2. The van der Waals surface area contributed by atoms with Crippen molar-refractivity contribution < 1.29 is 4.79 Å². The molecule has 0 radical (unpaired) electrons. The fourth-order valence-corrected chi connectivity index (χ4v) is 3.07. The van der Waals surface area contributed by atoms with E-state index in [1.54, 1.807) is 12.4 Å². The minimum Gasteiger partial charge on any atom is -0.350 e. The van der Waals surface area contributed by atoms with E-state index in [1.807, 2.05) is 31.2 Å². The van der Waals surface area contributed by atoms with Gasteiger partial charge in [-0.3, -0.25) is 4.79 Å². The summed E-state index contributed by atoms with van der Waals surface area (Å²) < 4.78 is 0. The van der Waals surface area contributed by atoms with Crippen LogP contribution in [0, 0.1) is 13.8 Å². The van der Waals surface area contributed by atoms with Crippen LogP contribution in [0.5, 0.6) is 0 Å². The normalized spacial score (nSPS) is 10.8. The molecule has 0 fully saturated rings. The van der Waals surface area contributed by atoms with Gasteiger partial charge in [0.1, 0.15) is 0 Å². The molecule has 3 rings (SSSR count). The summed E-state index contributed by atoms with van der Waals surface area (Å²) >= 11 is 0. The predicted molar refractivity (Wildman–Crippen MR) is 114 cm³/mol. The quantitative estimate of drug-likeness (QED) is 0.631. The summed E-state index contributed by atoms with van der Waals surface area (Å²) in [5.74, 6) is 0.609. The second kappa shape index (κ2) is 8.65. The first-order chi connectivity index (χ1) is 13.4. The lowest BCUT2D eigenvalue weighted by Gasteiger charge is -2.16. The van der Waals surface area contributed by atoms with Gasteiger partial charge in [-0.25, -0.2) is 9.97 Å². The third-order valence-electron chi connectivity index (χ3n) is 4.61. The summed E-state index contributed by atoms with van der Waals surface area (Å²) in [6.45, 7) is 8.92. The highest BCUT2D eigenvalue weighted by molar-refractivity contribution is 6.04. The van der Waals surface area contributed by atoms with Crippen LogP contribution in [0.25, 0.3) is 0 Å². The van der Waals surface area contributed by atoms with Crippen molar-refractivity contribution in [1.82, 2.24) is 9.97 Å². The largest absolute Gasteiger partial charge is 0.350 e. The topological polar surface area (TPSA) is 66.9 Å². The molecule has 1 aromatic heterocycles. The average molecular weight is 374 g/mol. The Labute approximate surface area is 166 Å². The number of nitrogens with zero attached hydrogens (tertiary/aromatic N) is 2. The third kappa shape index (κ3) is 4.74. The Morgan fingerprint density at radius 2 is 1.75 bits per heavy atom. The molecule has 2 N–H and O–H groups in total. The van der Waals surface area contributed by atoms with Gasteiger partial charge < -0.3 is 10.6 Å². The number of aryl methyl sites for hydroxylation is 2. The van der Waals surface area contributed by atoms with Gasteiger partial charge in [0.15, 0.2) is 0 Å². The molecule has 3 aromatic rings. The van der Waals surface area contributed by atoms with Crippen LogP contribution in [-0.4, -0.2) is 15.9 Å². The van der Waals surface area contributed by atoms with E-state index >= 15 is 0 Å². The first-order valence-corrected chi connectivity index (χ1v) is 9.46. The first-order valence-electron chi connectivity index (χ1n) is 9.46. The molecule has 5 nitrogen and oxygen atoms in total. The number of hydrogen-bond donors (Lipinski definition) is 2. The van der Waals surface area contributed by atoms with Gasteiger partial charge in [0, 0.05) is 24.6 Å². The van der Waals surface area contributed by atoms with Crippen molar-refractivity contribution in [2.75, 3.05) is 10.6 Å². The Balaban J connectivity index is 1.67. The van der Waals surface area contributed by atoms with E-state index in [0.717, 1.165) is 22.4 Å². The third-order valence-corrected chi connectivity index (χ3v) is 4.61. The van der Waals surface area contributed by atoms with E-state index in [4.69, 9.17) is 0 Å². The van der Waals surface area contributed by atoms with Crippen LogP contribution in [0.3, 0.4) is 0 Å². The Morgan fingerprint density at radius 1 is 1.04 bits per heavy atom. The second-order valence-corrected chi connectivity index (χ2v) is 7.29. The summed E-state index contributed by atoms with van der Waals surface area (Å²) in [5, 5.41) is 6.20. The van der Waals surface area contributed by atoms with Gasteiger partial charge in [0.25, 0.3) is 5.91 Å². The van der Waals surface area contributed by atoms with Crippen LogP contribution in [0.2, 0.25) is 0 Å². The summed E-state index contributed by atoms with van der Waals surface area (Å²) in [5.41, 5.74) is 5.82. The maximum Gasteiger partial charge on any atom is 0.258 e. The molecule has 1 heterocycles. The van der Waals surface area contributed by atoms with Crippen molar-refractivity contribution in [3.63, 3.8) is 0 Å². The fourth-order valence-electron chi connectivity index (χ4n) is 3.07. The van der Waals surface area contributed by atoms with Gasteiger partial charge in [0.05, 0.1) is 5.56 Å². The SMILES string of the molecule is Cc1cccc(CNc2ncc(C(=O)Nc3c(C)cccc3C(C)C)cn2)c1. The monoisotopic (exact) mass is 374 g/mol. The van der Waals surface area contributed by atoms with Crippen molar-refractivity contribution in [2.24, 2.45) is 0 Å². The van der Waals surface area contributed by atoms with Gasteiger partial charge >= 0.3 is 0 Å². The Morgan fingerprint density at radius 3 is 2.43 bits per heavy atom. The van der Waals surface area contributed by atoms with E-state index in [-0.39, 0.29) is 5.91 Å². The number of amides is 1. The zero-order valence-corrected chi connectivity index (χ0v) is 16.8. The number of carbonyl (C=O) groups excluding carboxylic acids is 1. The molecule has 0 spiro atoms. The number of hydrogen-bond acceptors (Lipinski definition) is 4. The minimum atomic E-state index is -0.207. The fraction of sp³-hybridized carbons (Fsp3) is 0.261. The van der Waals surface area contributed by atoms with Crippen LogP contribution < -0.4 is 10.6 Å². The van der Waals surface area contributed by atoms with Gasteiger partial charge in [-0.05, 0) is 36.5 Å². The van der Waals surface area contributed by atoms with Crippen LogP contribution in [0.15, 0.2) is 54.9 Å². The summed E-state index contributed by atoms with van der Waals surface area (Å²) in [6, 6.07) is 14.3. The lowest BCUT2D eigenvalue weighted by molar-refractivity contribution is 0.102. The second-order valence-electron chi connectivity index (χ2n) is 7.29. The number of aromatic nitrogens is 2. The summed E-state index contributed by atoms with van der Waals surface area (Å²) in [6.07, 6.45) is 3.10. The van der Waals surface area contributed by atoms with Crippen molar-refractivity contribution >= 4 is 17.5 Å². The van der Waals surface area contributed by atoms with Crippen molar-refractivity contribution in [3.05, 3.63) is 82.7 Å². The molecule has 0 saturated heterocycles. The zero-order valence-electron chi connectivity index (χ0n) is 16.8. The molecule has 0 aliphatic carbocycles. The number of anilines is 2. The van der Waals surface area contributed by atoms with Gasteiger partial charge in [0.2, 0.25) is 5.95 Å². The molecule has 5 heteroatoms. The molecule has 0 bridgehead atoms. The Bertz CT molecular complexity index is 965. The highest BCUT2D eigenvalue weighted by atomic mass is 16.1. The molecule has 0 aliphatic rings. The van der Waals surface area contributed by atoms with Crippen LogP contribution in [-0.2, 0) is 6.54 Å².